The second-order valence-corrected chi connectivity index (χ2v) is 26.5. The Bertz CT molecular complexity index is 3300. The van der Waals surface area contributed by atoms with Crippen molar-refractivity contribution in [2.24, 2.45) is 0 Å². The number of Topliss-reactive ketones (excluding diaryl/α,β-unsaturated/α-hetero) is 1. The number of ketones is 1. The number of amides is 4. The van der Waals surface area contributed by atoms with Gasteiger partial charge in [0.15, 0.2) is 11.5 Å². The molecule has 0 aliphatic carbocycles. The van der Waals surface area contributed by atoms with Gasteiger partial charge in [-0.1, -0.05) is 70.1 Å². The van der Waals surface area contributed by atoms with Crippen molar-refractivity contribution in [3.63, 3.8) is 0 Å². The van der Waals surface area contributed by atoms with Gasteiger partial charge in [0.25, 0.3) is 23.6 Å². The van der Waals surface area contributed by atoms with Crippen LogP contribution in [0.15, 0.2) is 103 Å². The molecule has 1 N–H and O–H groups in total. The Morgan fingerprint density at radius 3 is 2.00 bits per heavy atom. The van der Waals surface area contributed by atoms with Crippen molar-refractivity contribution >= 4 is 68.1 Å². The number of hydrogen-bond donors (Lipinski definition) is 1. The zero-order chi connectivity index (χ0) is 60.3. The summed E-state index contributed by atoms with van der Waals surface area (Å²) in [5, 5.41) is 3.61. The van der Waals surface area contributed by atoms with Crippen LogP contribution in [-0.2, 0) is 67.7 Å². The molecule has 0 fully saturated rings. The van der Waals surface area contributed by atoms with E-state index in [-0.39, 0.29) is 66.0 Å². The molecule has 0 unspecified atom stereocenters. The van der Waals surface area contributed by atoms with E-state index < -0.39 is 0 Å². The highest BCUT2D eigenvalue weighted by Crippen LogP contribution is 2.42. The Hall–Kier alpha value is -7.03. The summed E-state index contributed by atoms with van der Waals surface area (Å²) in [7, 11) is 8.80. The summed E-state index contributed by atoms with van der Waals surface area (Å²) < 4.78 is 36.4. The maximum atomic E-state index is 14.5. The van der Waals surface area contributed by atoms with Crippen LogP contribution in [0.1, 0.15) is 99.2 Å². The molecule has 5 aliphatic rings. The number of rotatable bonds is 29. The van der Waals surface area contributed by atoms with Gasteiger partial charge in [-0.15, -0.1) is 0 Å². The van der Waals surface area contributed by atoms with Crippen molar-refractivity contribution in [1.29, 1.82) is 0 Å². The highest BCUT2D eigenvalue weighted by atomic mass is 33.1. The second kappa shape index (κ2) is 28.7. The molecule has 456 valence electrons. The molecule has 0 aromatic heterocycles. The molecule has 5 aromatic rings. The summed E-state index contributed by atoms with van der Waals surface area (Å²) in [6.45, 7) is 13.0. The third-order valence-corrected chi connectivity index (χ3v) is 19.9. The number of imide groups is 1. The first-order valence-electron chi connectivity index (χ1n) is 29.9. The number of ether oxygens (including phenoxy) is 6. The van der Waals surface area contributed by atoms with Gasteiger partial charge >= 0.3 is 0 Å². The molecule has 17 nitrogen and oxygen atoms in total. The molecule has 0 saturated carbocycles. The lowest BCUT2D eigenvalue weighted by atomic mass is 9.93. The first-order chi connectivity index (χ1) is 41.6. The minimum atomic E-state index is -0.328. The molecule has 86 heavy (non-hydrogen) atoms. The van der Waals surface area contributed by atoms with E-state index in [2.05, 4.69) is 83.6 Å². The van der Waals surface area contributed by atoms with Crippen molar-refractivity contribution < 1.29 is 52.4 Å². The normalized spacial score (nSPS) is 17.0. The van der Waals surface area contributed by atoms with Gasteiger partial charge in [-0.05, 0) is 116 Å². The van der Waals surface area contributed by atoms with Crippen molar-refractivity contribution in [3.8, 4) is 17.2 Å². The predicted octanol–water partition coefficient (Wildman–Crippen LogP) is 9.87. The van der Waals surface area contributed by atoms with Crippen LogP contribution < -0.4 is 29.3 Å². The number of likely N-dealkylation sites (N-methyl/N-ethyl adjacent to an activating group) is 1. The van der Waals surface area contributed by atoms with Crippen LogP contribution >= 0.6 is 21.6 Å². The fourth-order valence-electron chi connectivity index (χ4n) is 12.0. The van der Waals surface area contributed by atoms with Crippen LogP contribution in [0.4, 0.5) is 17.1 Å². The maximum absolute atomic E-state index is 14.5. The number of nitrogens with zero attached hydrogens (tertiary/aromatic N) is 5. The molecule has 5 heterocycles. The van der Waals surface area contributed by atoms with E-state index in [0.717, 1.165) is 52.3 Å². The van der Waals surface area contributed by atoms with Crippen LogP contribution in [0.5, 0.6) is 17.2 Å². The van der Waals surface area contributed by atoms with Gasteiger partial charge in [-0.2, -0.15) is 0 Å². The van der Waals surface area contributed by atoms with Crippen molar-refractivity contribution in [2.45, 2.75) is 102 Å². The number of hydrogen-bond acceptors (Lipinski definition) is 16. The highest BCUT2D eigenvalue weighted by molar-refractivity contribution is 8.77. The van der Waals surface area contributed by atoms with E-state index in [9.17, 15) is 24.0 Å². The lowest BCUT2D eigenvalue weighted by Gasteiger charge is -2.36. The number of nitrogens with one attached hydrogen (secondary N) is 1. The predicted molar refractivity (Wildman–Crippen MR) is 338 cm³/mol. The minimum absolute atomic E-state index is 0.00631. The van der Waals surface area contributed by atoms with E-state index in [0.29, 0.717) is 126 Å². The van der Waals surface area contributed by atoms with Crippen molar-refractivity contribution in [3.05, 3.63) is 153 Å². The molecule has 5 aliphatic heterocycles. The zero-order valence-electron chi connectivity index (χ0n) is 50.4. The average Bonchev–Trinajstić information content (AvgIpc) is 3.86. The number of aryl methyl sites for hydroxylation is 1. The number of anilines is 3. The van der Waals surface area contributed by atoms with E-state index in [1.165, 1.54) is 39.3 Å². The number of carbonyl (C=O) groups excluding carboxylic acids is 5. The Morgan fingerprint density at radius 2 is 1.31 bits per heavy atom. The Balaban J connectivity index is 0.884. The van der Waals surface area contributed by atoms with Gasteiger partial charge < -0.3 is 53.3 Å². The third kappa shape index (κ3) is 15.2. The largest absolute Gasteiger partial charge is 0.493 e. The quantitative estimate of drug-likeness (QED) is 0.0273. The number of methoxy groups -OCH3 is 2. The Labute approximate surface area is 513 Å². The van der Waals surface area contributed by atoms with Crippen LogP contribution in [-0.4, -0.2) is 154 Å². The molecule has 2 atom stereocenters. The minimum Gasteiger partial charge on any atom is -0.493 e. The molecule has 10 rings (SSSR count). The Kier molecular flexibility index (Phi) is 20.7. The number of benzene rings is 5. The van der Waals surface area contributed by atoms with Crippen molar-refractivity contribution in [1.82, 2.24) is 14.7 Å². The monoisotopic (exact) mass is 1210 g/mol. The SMILES string of the molecule is COCCOCCOCCN(CC(C)(C)SSCCCC(=O)CCCN1C(=O)C=CC1=O)c1cc(COc2cc3c(cc2C)C(=O)N2Cc4ccccc4C[C@H]2CN3)cc(COc2cc3c(cc2OC)C(=O)N2Cc4ccccc4C[C@H]2CN3C)c1. The smallest absolute Gasteiger partial charge is 0.256 e. The molecule has 0 spiro atoms. The first-order valence-corrected chi connectivity index (χ1v) is 32.2. The summed E-state index contributed by atoms with van der Waals surface area (Å²) in [6.07, 6.45) is 6.02. The van der Waals surface area contributed by atoms with Gasteiger partial charge in [0.05, 0.1) is 74.7 Å². The van der Waals surface area contributed by atoms with Gasteiger partial charge in [0.2, 0.25) is 0 Å². The highest BCUT2D eigenvalue weighted by Gasteiger charge is 2.38. The van der Waals surface area contributed by atoms with Crippen LogP contribution in [0, 0.1) is 6.92 Å². The van der Waals surface area contributed by atoms with Crippen LogP contribution in [0.25, 0.3) is 0 Å². The molecule has 19 heteroatoms. The average molecular weight is 1210 g/mol. The van der Waals surface area contributed by atoms with E-state index in [1.54, 1.807) is 35.8 Å². The Morgan fingerprint density at radius 1 is 0.698 bits per heavy atom. The standard InChI is InChI=1S/C67H80N6O11S2/c1-45-29-56-58(68-38-53-33-48-13-7-9-15-50(48)39-72(53)65(56)77)36-60(45)83-42-46-30-47(43-84-62-37-59-57(35-61(62)80-6)66(78)73-40-51-16-10-8-14-49(51)34-54(73)41-69(59)4)32-52(31-46)70(22-23-81-26-27-82-25-24-79-5)44-67(2,3)86-85-28-12-18-55(74)17-11-21-71-63(75)19-20-64(71)76/h7-10,13-16,19-20,29-32,35-37,53-54,68H,11-12,17-18,21-28,33-34,38-44H2,1-6H3/t53-,54-/m0/s1. The molecule has 0 bridgehead atoms. The van der Waals surface area contributed by atoms with Gasteiger partial charge in [-0.25, -0.2) is 0 Å². The first kappa shape index (κ1) is 62.0. The molecular weight excluding hydrogens is 1130 g/mol. The molecular formula is C67H80N6O11S2. The van der Waals surface area contributed by atoms with E-state index in [1.807, 2.05) is 60.2 Å². The summed E-state index contributed by atoms with van der Waals surface area (Å²) in [6, 6.07) is 30.9. The van der Waals surface area contributed by atoms with Gasteiger partial charge in [0.1, 0.15) is 24.7 Å². The topological polar surface area (TPSA) is 169 Å². The third-order valence-electron chi connectivity index (χ3n) is 16.5. The number of carbonyl (C=O) groups is 5. The summed E-state index contributed by atoms with van der Waals surface area (Å²) in [4.78, 5) is 75.2. The van der Waals surface area contributed by atoms with Crippen LogP contribution in [0.2, 0.25) is 0 Å². The second-order valence-electron chi connectivity index (χ2n) is 23.4. The van der Waals surface area contributed by atoms with E-state index in [4.69, 9.17) is 28.4 Å². The molecule has 5 aromatic carbocycles. The van der Waals surface area contributed by atoms with Gasteiger partial charge in [0, 0.05) is 113 Å². The summed E-state index contributed by atoms with van der Waals surface area (Å²) in [5.74, 6) is 1.87. The molecule has 4 amide bonds. The summed E-state index contributed by atoms with van der Waals surface area (Å²) >= 11 is 0. The molecule has 0 saturated heterocycles. The van der Waals surface area contributed by atoms with Gasteiger partial charge in [-0.3, -0.25) is 28.9 Å². The summed E-state index contributed by atoms with van der Waals surface area (Å²) in [5.41, 5.74) is 11.2. The lowest BCUT2D eigenvalue weighted by Crippen LogP contribution is -2.47. The number of fused-ring (bicyclic) bond motifs is 6. The van der Waals surface area contributed by atoms with E-state index >= 15 is 0 Å². The zero-order valence-corrected chi connectivity index (χ0v) is 52.0. The maximum Gasteiger partial charge on any atom is 0.256 e. The fourth-order valence-corrected chi connectivity index (χ4v) is 14.6. The molecule has 0 radical (unpaired) electrons. The van der Waals surface area contributed by atoms with Crippen molar-refractivity contribution in [2.75, 3.05) is 108 Å². The fraction of sp³-hybridized carbons (Fsp3) is 0.448. The lowest BCUT2D eigenvalue weighted by molar-refractivity contribution is -0.137. The van der Waals surface area contributed by atoms with Crippen LogP contribution in [0.3, 0.4) is 0 Å².